The molecule has 1 N–H and O–H groups in total. The van der Waals surface area contributed by atoms with Gasteiger partial charge in [-0.2, -0.15) is 5.10 Å². The summed E-state index contributed by atoms with van der Waals surface area (Å²) >= 11 is 0. The average Bonchev–Trinajstić information content (AvgIpc) is 3.43. The maximum atomic E-state index is 12.9. The Labute approximate surface area is 215 Å². The Bertz CT molecular complexity index is 1480. The van der Waals surface area contributed by atoms with E-state index >= 15 is 0 Å². The van der Waals surface area contributed by atoms with Gasteiger partial charge in [-0.1, -0.05) is 6.07 Å². The first-order valence-electron chi connectivity index (χ1n) is 12.1. The van der Waals surface area contributed by atoms with Crippen LogP contribution in [-0.2, 0) is 9.59 Å². The summed E-state index contributed by atoms with van der Waals surface area (Å²) in [6.45, 7) is 8.29. The summed E-state index contributed by atoms with van der Waals surface area (Å²) in [5.41, 5.74) is 5.60. The minimum absolute atomic E-state index is 0.0446. The number of carbonyl (C=O) groups is 2. The maximum Gasteiger partial charge on any atom is 0.229 e. The van der Waals surface area contributed by atoms with E-state index in [9.17, 15) is 9.59 Å². The summed E-state index contributed by atoms with van der Waals surface area (Å²) in [7, 11) is 0. The molecule has 2 aromatic heterocycles. The molecule has 0 aliphatic carbocycles. The fourth-order valence-corrected chi connectivity index (χ4v) is 4.36. The zero-order valence-corrected chi connectivity index (χ0v) is 21.2. The van der Waals surface area contributed by atoms with Gasteiger partial charge in [-0.25, -0.2) is 14.6 Å². The van der Waals surface area contributed by atoms with Gasteiger partial charge in [-0.05, 0) is 81.3 Å². The minimum atomic E-state index is -0.418. The Morgan fingerprint density at radius 1 is 0.973 bits per heavy atom. The van der Waals surface area contributed by atoms with Crippen LogP contribution in [0.4, 0.5) is 11.4 Å². The SMILES string of the molecule is Cc1cc(C)n(-c2cc(Oc3ccc(NC(=O)C4CC(=O)N(c5ccc(C)c(C)c5)C4)cc3)ncn2)n1. The molecule has 0 radical (unpaired) electrons. The van der Waals surface area contributed by atoms with E-state index in [2.05, 4.69) is 20.4 Å². The van der Waals surface area contributed by atoms with Crippen molar-refractivity contribution in [3.63, 3.8) is 0 Å². The van der Waals surface area contributed by atoms with E-state index in [4.69, 9.17) is 4.74 Å². The second-order valence-electron chi connectivity index (χ2n) is 9.34. The number of rotatable bonds is 6. The van der Waals surface area contributed by atoms with Gasteiger partial charge in [-0.3, -0.25) is 9.59 Å². The molecule has 9 heteroatoms. The quantitative estimate of drug-likeness (QED) is 0.416. The van der Waals surface area contributed by atoms with Crippen LogP contribution in [-0.4, -0.2) is 38.1 Å². The van der Waals surface area contributed by atoms with Crippen molar-refractivity contribution in [1.82, 2.24) is 19.7 Å². The van der Waals surface area contributed by atoms with Crippen LogP contribution in [0.1, 0.15) is 28.9 Å². The zero-order chi connectivity index (χ0) is 26.1. The van der Waals surface area contributed by atoms with Crippen LogP contribution in [0.2, 0.25) is 0 Å². The zero-order valence-electron chi connectivity index (χ0n) is 21.2. The van der Waals surface area contributed by atoms with Crippen molar-refractivity contribution >= 4 is 23.2 Å². The Kier molecular flexibility index (Phi) is 6.43. The standard InChI is InChI=1S/C28H28N6O3/c1-17-5-8-23(11-18(17)2)33-15-21(13-27(33)35)28(36)31-22-6-9-24(10-7-22)37-26-14-25(29-16-30-26)34-20(4)12-19(3)32-34/h5-12,14,16,21H,13,15H2,1-4H3,(H,31,36). The van der Waals surface area contributed by atoms with Crippen molar-refractivity contribution in [3.05, 3.63) is 83.4 Å². The number of aryl methyl sites for hydroxylation is 4. The minimum Gasteiger partial charge on any atom is -0.439 e. The smallest absolute Gasteiger partial charge is 0.229 e. The van der Waals surface area contributed by atoms with Crippen molar-refractivity contribution in [1.29, 1.82) is 0 Å². The van der Waals surface area contributed by atoms with Crippen LogP contribution in [0.15, 0.2) is 60.9 Å². The van der Waals surface area contributed by atoms with Crippen molar-refractivity contribution in [2.45, 2.75) is 34.1 Å². The second kappa shape index (κ2) is 9.85. The van der Waals surface area contributed by atoms with E-state index in [-0.39, 0.29) is 18.2 Å². The Morgan fingerprint density at radius 2 is 1.76 bits per heavy atom. The van der Waals surface area contributed by atoms with Crippen LogP contribution in [0, 0.1) is 33.6 Å². The highest BCUT2D eigenvalue weighted by atomic mass is 16.5. The van der Waals surface area contributed by atoms with E-state index < -0.39 is 5.92 Å². The number of carbonyl (C=O) groups excluding carboxylic acids is 2. The van der Waals surface area contributed by atoms with Gasteiger partial charge in [0, 0.05) is 36.1 Å². The molecule has 2 aromatic carbocycles. The van der Waals surface area contributed by atoms with Crippen LogP contribution in [0.5, 0.6) is 11.6 Å². The van der Waals surface area contributed by atoms with Crippen molar-refractivity contribution in [2.75, 3.05) is 16.8 Å². The summed E-state index contributed by atoms with van der Waals surface area (Å²) < 4.78 is 7.62. The molecule has 9 nitrogen and oxygen atoms in total. The first-order chi connectivity index (χ1) is 17.8. The van der Waals surface area contributed by atoms with E-state index in [0.717, 1.165) is 22.6 Å². The summed E-state index contributed by atoms with van der Waals surface area (Å²) in [4.78, 5) is 35.7. The lowest BCUT2D eigenvalue weighted by Gasteiger charge is -2.18. The number of amides is 2. The third-order valence-corrected chi connectivity index (χ3v) is 6.50. The number of anilines is 2. The molecule has 1 aliphatic heterocycles. The topological polar surface area (TPSA) is 102 Å². The van der Waals surface area contributed by atoms with E-state index in [1.54, 1.807) is 39.9 Å². The highest BCUT2D eigenvalue weighted by Gasteiger charge is 2.35. The molecule has 188 valence electrons. The summed E-state index contributed by atoms with van der Waals surface area (Å²) in [5.74, 6) is 0.910. The van der Waals surface area contributed by atoms with Gasteiger partial charge in [0.15, 0.2) is 5.82 Å². The molecule has 5 rings (SSSR count). The molecule has 1 fully saturated rings. The summed E-state index contributed by atoms with van der Waals surface area (Å²) in [6, 6.07) is 16.6. The molecule has 4 aromatic rings. The van der Waals surface area contributed by atoms with Crippen molar-refractivity contribution in [2.24, 2.45) is 5.92 Å². The van der Waals surface area contributed by atoms with E-state index in [1.807, 2.05) is 52.0 Å². The Morgan fingerprint density at radius 3 is 2.46 bits per heavy atom. The Balaban J connectivity index is 1.21. The molecule has 0 spiro atoms. The van der Waals surface area contributed by atoms with Crippen LogP contribution in [0.3, 0.4) is 0 Å². The molecule has 1 unspecified atom stereocenters. The number of aromatic nitrogens is 4. The molecular weight excluding hydrogens is 468 g/mol. The highest BCUT2D eigenvalue weighted by Crippen LogP contribution is 2.28. The number of benzene rings is 2. The first kappa shape index (κ1) is 24.2. The highest BCUT2D eigenvalue weighted by molar-refractivity contribution is 6.03. The van der Waals surface area contributed by atoms with Gasteiger partial charge in [0.05, 0.1) is 11.6 Å². The number of nitrogens with zero attached hydrogens (tertiary/aromatic N) is 5. The second-order valence-corrected chi connectivity index (χ2v) is 9.34. The first-order valence-corrected chi connectivity index (χ1v) is 12.1. The van der Waals surface area contributed by atoms with Crippen molar-refractivity contribution in [3.8, 4) is 17.4 Å². The third kappa shape index (κ3) is 5.20. The average molecular weight is 497 g/mol. The van der Waals surface area contributed by atoms with Crippen LogP contribution >= 0.6 is 0 Å². The van der Waals surface area contributed by atoms with Gasteiger partial charge in [0.2, 0.25) is 17.7 Å². The maximum absolute atomic E-state index is 12.9. The molecule has 1 saturated heterocycles. The fraction of sp³-hybridized carbons (Fsp3) is 0.250. The van der Waals surface area contributed by atoms with E-state index in [0.29, 0.717) is 29.7 Å². The van der Waals surface area contributed by atoms with Gasteiger partial charge in [0.25, 0.3) is 0 Å². The molecule has 3 heterocycles. The number of nitrogens with one attached hydrogen (secondary N) is 1. The van der Waals surface area contributed by atoms with E-state index in [1.165, 1.54) is 11.9 Å². The fourth-order valence-electron chi connectivity index (χ4n) is 4.36. The molecular formula is C28H28N6O3. The number of hydrogen-bond acceptors (Lipinski definition) is 6. The van der Waals surface area contributed by atoms with Gasteiger partial charge in [-0.15, -0.1) is 0 Å². The molecule has 37 heavy (non-hydrogen) atoms. The lowest BCUT2D eigenvalue weighted by atomic mass is 10.1. The summed E-state index contributed by atoms with van der Waals surface area (Å²) in [5, 5.41) is 7.36. The monoisotopic (exact) mass is 496 g/mol. The number of ether oxygens (including phenoxy) is 1. The predicted octanol–water partition coefficient (Wildman–Crippen LogP) is 4.68. The lowest BCUT2D eigenvalue weighted by molar-refractivity contribution is -0.122. The molecule has 0 saturated carbocycles. The third-order valence-electron chi connectivity index (χ3n) is 6.50. The van der Waals surface area contributed by atoms with Crippen molar-refractivity contribution < 1.29 is 14.3 Å². The Hall–Kier alpha value is -4.53. The molecule has 2 amide bonds. The van der Waals surface area contributed by atoms with Gasteiger partial charge >= 0.3 is 0 Å². The molecule has 1 aliphatic rings. The molecule has 1 atom stereocenters. The lowest BCUT2D eigenvalue weighted by Crippen LogP contribution is -2.28. The molecule has 0 bridgehead atoms. The summed E-state index contributed by atoms with van der Waals surface area (Å²) in [6.07, 6.45) is 1.62. The van der Waals surface area contributed by atoms with Gasteiger partial charge in [0.1, 0.15) is 12.1 Å². The van der Waals surface area contributed by atoms with Gasteiger partial charge < -0.3 is 15.0 Å². The number of hydrogen-bond donors (Lipinski definition) is 1. The largest absolute Gasteiger partial charge is 0.439 e. The van der Waals surface area contributed by atoms with Crippen LogP contribution < -0.4 is 15.0 Å². The predicted molar refractivity (Wildman–Crippen MR) is 140 cm³/mol. The van der Waals surface area contributed by atoms with Crippen LogP contribution in [0.25, 0.3) is 5.82 Å². The normalized spacial score (nSPS) is 15.2.